The van der Waals surface area contributed by atoms with E-state index in [2.05, 4.69) is 5.32 Å². The number of unbranched alkanes of at least 4 members (excludes halogenated alkanes) is 1. The maximum atomic E-state index is 8.61. The van der Waals surface area contributed by atoms with Crippen molar-refractivity contribution in [2.24, 2.45) is 0 Å². The van der Waals surface area contributed by atoms with Gasteiger partial charge in [0.25, 0.3) is 0 Å². The summed E-state index contributed by atoms with van der Waals surface area (Å²) in [5, 5.41) is 13.3. The van der Waals surface area contributed by atoms with Gasteiger partial charge < -0.3 is 10.4 Å². The minimum Gasteiger partial charge on any atom is -0.396 e. The highest BCUT2D eigenvalue weighted by Gasteiger charge is 2.00. The van der Waals surface area contributed by atoms with Crippen LogP contribution in [0.2, 0.25) is 10.0 Å². The molecule has 0 saturated carbocycles. The van der Waals surface area contributed by atoms with E-state index in [0.717, 1.165) is 42.9 Å². The van der Waals surface area contributed by atoms with E-state index in [1.165, 1.54) is 0 Å². The Bertz CT molecular complexity index is 318. The molecule has 0 heterocycles. The predicted octanol–water partition coefficient (Wildman–Crippen LogP) is 2.90. The van der Waals surface area contributed by atoms with Gasteiger partial charge in [-0.1, -0.05) is 29.3 Å². The third kappa shape index (κ3) is 5.17. The van der Waals surface area contributed by atoms with Gasteiger partial charge in [-0.2, -0.15) is 0 Å². The van der Waals surface area contributed by atoms with Crippen molar-refractivity contribution in [1.29, 1.82) is 0 Å². The molecule has 1 aromatic carbocycles. The molecule has 0 aliphatic rings. The van der Waals surface area contributed by atoms with Crippen LogP contribution in [0.25, 0.3) is 0 Å². The molecule has 0 fully saturated rings. The first-order valence-corrected chi connectivity index (χ1v) is 6.25. The molecule has 2 N–H and O–H groups in total. The minimum absolute atomic E-state index is 0.269. The molecular weight excluding hydrogens is 245 g/mol. The van der Waals surface area contributed by atoms with E-state index in [9.17, 15) is 0 Å². The summed E-state index contributed by atoms with van der Waals surface area (Å²) in [6.07, 6.45) is 2.76. The summed E-state index contributed by atoms with van der Waals surface area (Å²) in [4.78, 5) is 0. The van der Waals surface area contributed by atoms with Crippen LogP contribution in [0.5, 0.6) is 0 Å². The van der Waals surface area contributed by atoms with Crippen LogP contribution in [0.1, 0.15) is 18.4 Å². The van der Waals surface area contributed by atoms with Crippen LogP contribution in [0.15, 0.2) is 18.2 Å². The molecule has 0 amide bonds. The van der Waals surface area contributed by atoms with Crippen molar-refractivity contribution in [3.05, 3.63) is 33.8 Å². The minimum atomic E-state index is 0.269. The summed E-state index contributed by atoms with van der Waals surface area (Å²) in [7, 11) is 0. The maximum Gasteiger partial charge on any atom is 0.0453 e. The monoisotopic (exact) mass is 261 g/mol. The molecule has 0 aromatic heterocycles. The zero-order valence-corrected chi connectivity index (χ0v) is 10.7. The molecular formula is C12H17Cl2NO. The molecule has 0 atom stereocenters. The van der Waals surface area contributed by atoms with Crippen LogP contribution in [0, 0.1) is 0 Å². The van der Waals surface area contributed by atoms with Crippen LogP contribution in [0.3, 0.4) is 0 Å². The van der Waals surface area contributed by atoms with E-state index >= 15 is 0 Å². The van der Waals surface area contributed by atoms with Crippen molar-refractivity contribution in [3.63, 3.8) is 0 Å². The Kier molecular flexibility index (Phi) is 6.81. The Morgan fingerprint density at radius 2 is 1.94 bits per heavy atom. The zero-order chi connectivity index (χ0) is 11.8. The molecule has 90 valence electrons. The Morgan fingerprint density at radius 1 is 1.12 bits per heavy atom. The Morgan fingerprint density at radius 3 is 2.62 bits per heavy atom. The van der Waals surface area contributed by atoms with Gasteiger partial charge in [0.1, 0.15) is 0 Å². The molecule has 0 aliphatic carbocycles. The number of aliphatic hydroxyl groups is 1. The third-order valence-electron chi connectivity index (χ3n) is 2.35. The van der Waals surface area contributed by atoms with Crippen LogP contribution in [-0.2, 0) is 6.42 Å². The summed E-state index contributed by atoms with van der Waals surface area (Å²) in [5.41, 5.74) is 1.11. The summed E-state index contributed by atoms with van der Waals surface area (Å²) in [6.45, 7) is 2.10. The van der Waals surface area contributed by atoms with Crippen molar-refractivity contribution in [2.45, 2.75) is 19.3 Å². The highest BCUT2D eigenvalue weighted by molar-refractivity contribution is 6.35. The predicted molar refractivity (Wildman–Crippen MR) is 69.4 cm³/mol. The van der Waals surface area contributed by atoms with Gasteiger partial charge in [-0.05, 0) is 50.0 Å². The van der Waals surface area contributed by atoms with E-state index in [1.54, 1.807) is 6.07 Å². The van der Waals surface area contributed by atoms with Gasteiger partial charge in [-0.3, -0.25) is 0 Å². The van der Waals surface area contributed by atoms with Crippen LogP contribution in [-0.4, -0.2) is 24.8 Å². The van der Waals surface area contributed by atoms with Crippen molar-refractivity contribution < 1.29 is 5.11 Å². The molecule has 16 heavy (non-hydrogen) atoms. The number of halogens is 2. The van der Waals surface area contributed by atoms with Gasteiger partial charge in [0.2, 0.25) is 0 Å². The molecule has 0 saturated heterocycles. The van der Waals surface area contributed by atoms with E-state index in [-0.39, 0.29) is 6.61 Å². The molecule has 0 bridgehead atoms. The highest BCUT2D eigenvalue weighted by Crippen LogP contribution is 2.20. The maximum absolute atomic E-state index is 8.61. The lowest BCUT2D eigenvalue weighted by Gasteiger charge is -2.06. The number of nitrogens with one attached hydrogen (secondary N) is 1. The topological polar surface area (TPSA) is 32.3 Å². The summed E-state index contributed by atoms with van der Waals surface area (Å²) in [6, 6.07) is 5.58. The average Bonchev–Trinajstić information content (AvgIpc) is 2.26. The second-order valence-corrected chi connectivity index (χ2v) is 4.51. The average molecular weight is 262 g/mol. The van der Waals surface area contributed by atoms with Gasteiger partial charge >= 0.3 is 0 Å². The van der Waals surface area contributed by atoms with Gasteiger partial charge in [0.15, 0.2) is 0 Å². The molecule has 0 spiro atoms. The SMILES string of the molecule is OCCCCNCCc1ccc(Cl)cc1Cl. The van der Waals surface area contributed by atoms with Crippen LogP contribution in [0.4, 0.5) is 0 Å². The first kappa shape index (κ1) is 13.8. The fraction of sp³-hybridized carbons (Fsp3) is 0.500. The zero-order valence-electron chi connectivity index (χ0n) is 9.18. The number of benzene rings is 1. The summed E-state index contributed by atoms with van der Waals surface area (Å²) in [5.74, 6) is 0. The third-order valence-corrected chi connectivity index (χ3v) is 2.93. The Labute approximate surface area is 107 Å². The highest BCUT2D eigenvalue weighted by atomic mass is 35.5. The van der Waals surface area contributed by atoms with E-state index in [4.69, 9.17) is 28.3 Å². The molecule has 0 unspecified atom stereocenters. The normalized spacial score (nSPS) is 10.7. The second-order valence-electron chi connectivity index (χ2n) is 3.67. The van der Waals surface area contributed by atoms with E-state index in [1.807, 2.05) is 12.1 Å². The largest absolute Gasteiger partial charge is 0.396 e. The Balaban J connectivity index is 2.21. The molecule has 4 heteroatoms. The van der Waals surface area contributed by atoms with Crippen molar-refractivity contribution in [3.8, 4) is 0 Å². The van der Waals surface area contributed by atoms with Crippen LogP contribution >= 0.6 is 23.2 Å². The first-order chi connectivity index (χ1) is 7.74. The van der Waals surface area contributed by atoms with Gasteiger partial charge in [-0.25, -0.2) is 0 Å². The molecule has 1 aromatic rings. The van der Waals surface area contributed by atoms with Crippen LogP contribution < -0.4 is 5.32 Å². The Hall–Kier alpha value is -0.280. The lowest BCUT2D eigenvalue weighted by atomic mass is 10.1. The second kappa shape index (κ2) is 7.91. The van der Waals surface area contributed by atoms with Crippen molar-refractivity contribution >= 4 is 23.2 Å². The molecule has 0 aliphatic heterocycles. The number of rotatable bonds is 7. The fourth-order valence-corrected chi connectivity index (χ4v) is 1.94. The fourth-order valence-electron chi connectivity index (χ4n) is 1.43. The smallest absolute Gasteiger partial charge is 0.0453 e. The molecule has 2 nitrogen and oxygen atoms in total. The lowest BCUT2D eigenvalue weighted by molar-refractivity contribution is 0.284. The number of hydrogen-bond donors (Lipinski definition) is 2. The number of aliphatic hydroxyl groups excluding tert-OH is 1. The van der Waals surface area contributed by atoms with E-state index < -0.39 is 0 Å². The van der Waals surface area contributed by atoms with Gasteiger partial charge in [-0.15, -0.1) is 0 Å². The van der Waals surface area contributed by atoms with Gasteiger partial charge in [0, 0.05) is 16.7 Å². The van der Waals surface area contributed by atoms with E-state index in [0.29, 0.717) is 5.02 Å². The summed E-state index contributed by atoms with van der Waals surface area (Å²) < 4.78 is 0. The molecule has 0 radical (unpaired) electrons. The quantitative estimate of drug-likeness (QED) is 0.740. The lowest BCUT2D eigenvalue weighted by Crippen LogP contribution is -2.18. The van der Waals surface area contributed by atoms with Crippen molar-refractivity contribution in [1.82, 2.24) is 5.32 Å². The first-order valence-electron chi connectivity index (χ1n) is 5.49. The molecule has 1 rings (SSSR count). The summed E-state index contributed by atoms with van der Waals surface area (Å²) >= 11 is 11.9. The number of hydrogen-bond acceptors (Lipinski definition) is 2. The van der Waals surface area contributed by atoms with Gasteiger partial charge in [0.05, 0.1) is 0 Å². The van der Waals surface area contributed by atoms with Crippen molar-refractivity contribution in [2.75, 3.05) is 19.7 Å². The standard InChI is InChI=1S/C12H17Cl2NO/c13-11-4-3-10(12(14)9-11)5-7-15-6-1-2-8-16/h3-4,9,15-16H,1-2,5-8H2.